The summed E-state index contributed by atoms with van der Waals surface area (Å²) in [6, 6.07) is 15.4. The van der Waals surface area contributed by atoms with Crippen LogP contribution in [0.2, 0.25) is 0 Å². The molecule has 0 saturated carbocycles. The summed E-state index contributed by atoms with van der Waals surface area (Å²) in [5.41, 5.74) is 12.0. The number of hydrogen-bond donors (Lipinski definition) is 2. The van der Waals surface area contributed by atoms with E-state index in [-0.39, 0.29) is 0 Å². The molecule has 1 aliphatic carbocycles. The van der Waals surface area contributed by atoms with Crippen molar-refractivity contribution in [1.29, 1.82) is 0 Å². The maximum Gasteiger partial charge on any atom is 0.0553 e. The molecule has 21 heavy (non-hydrogen) atoms. The Hall–Kier alpha value is -2.22. The first-order chi connectivity index (χ1) is 10.2. The van der Waals surface area contributed by atoms with Crippen LogP contribution in [-0.4, -0.2) is 0 Å². The van der Waals surface area contributed by atoms with Crippen LogP contribution in [-0.2, 0) is 0 Å². The molecule has 0 aromatic heterocycles. The highest BCUT2D eigenvalue weighted by Crippen LogP contribution is 2.49. The minimum Gasteiger partial charge on any atom is -0.399 e. The number of hydrogen-bond acceptors (Lipinski definition) is 2. The van der Waals surface area contributed by atoms with Crippen LogP contribution in [0.1, 0.15) is 35.1 Å². The Labute approximate surface area is 125 Å². The molecule has 3 N–H and O–H groups in total. The van der Waals surface area contributed by atoms with Crippen LogP contribution < -0.4 is 11.1 Å². The maximum absolute atomic E-state index is 5.82. The van der Waals surface area contributed by atoms with Gasteiger partial charge in [0.15, 0.2) is 0 Å². The molecule has 4 rings (SSSR count). The van der Waals surface area contributed by atoms with Gasteiger partial charge in [0.1, 0.15) is 0 Å². The van der Waals surface area contributed by atoms with Crippen molar-refractivity contribution in [2.45, 2.75) is 25.3 Å². The first-order valence-electron chi connectivity index (χ1n) is 7.61. The van der Waals surface area contributed by atoms with Gasteiger partial charge in [-0.3, -0.25) is 0 Å². The fourth-order valence-corrected chi connectivity index (χ4v) is 3.75. The Morgan fingerprint density at radius 1 is 1.10 bits per heavy atom. The van der Waals surface area contributed by atoms with Crippen molar-refractivity contribution >= 4 is 11.4 Å². The highest BCUT2D eigenvalue weighted by Gasteiger charge is 2.37. The third kappa shape index (κ3) is 2.02. The molecule has 0 radical (unpaired) electrons. The minimum absolute atomic E-state index is 0.362. The first-order valence-corrected chi connectivity index (χ1v) is 7.61. The molecule has 2 heteroatoms. The average Bonchev–Trinajstić information content (AvgIpc) is 2.97. The summed E-state index contributed by atoms with van der Waals surface area (Å²) in [6.07, 6.45) is 5.85. The molecular formula is C19H20N2. The zero-order valence-electron chi connectivity index (χ0n) is 12.2. The summed E-state index contributed by atoms with van der Waals surface area (Å²) in [5, 5.41) is 3.75. The number of allylic oxidation sites excluding steroid dienone is 2. The molecular weight excluding hydrogens is 256 g/mol. The molecule has 0 saturated heterocycles. The lowest BCUT2D eigenvalue weighted by atomic mass is 9.76. The number of rotatable bonds is 1. The molecule has 0 unspecified atom stereocenters. The predicted octanol–water partition coefficient (Wildman–Crippen LogP) is 4.40. The van der Waals surface area contributed by atoms with E-state index in [0.717, 1.165) is 12.1 Å². The van der Waals surface area contributed by atoms with Crippen molar-refractivity contribution in [1.82, 2.24) is 0 Å². The number of anilines is 2. The van der Waals surface area contributed by atoms with E-state index >= 15 is 0 Å². The van der Waals surface area contributed by atoms with Crippen LogP contribution in [0.25, 0.3) is 0 Å². The third-order valence-corrected chi connectivity index (χ3v) is 4.81. The molecule has 3 atom stereocenters. The largest absolute Gasteiger partial charge is 0.399 e. The van der Waals surface area contributed by atoms with Crippen LogP contribution in [0.5, 0.6) is 0 Å². The van der Waals surface area contributed by atoms with Crippen LogP contribution >= 0.6 is 0 Å². The summed E-state index contributed by atoms with van der Waals surface area (Å²) >= 11 is 0. The number of aryl methyl sites for hydroxylation is 1. The van der Waals surface area contributed by atoms with Gasteiger partial charge in [0.2, 0.25) is 0 Å². The number of nitrogen functional groups attached to an aromatic ring is 1. The minimum atomic E-state index is 0.362. The lowest BCUT2D eigenvalue weighted by molar-refractivity contribution is 0.425. The van der Waals surface area contributed by atoms with Crippen molar-refractivity contribution in [3.05, 3.63) is 71.3 Å². The van der Waals surface area contributed by atoms with Gasteiger partial charge >= 0.3 is 0 Å². The smallest absolute Gasteiger partial charge is 0.0553 e. The summed E-state index contributed by atoms with van der Waals surface area (Å²) in [6.45, 7) is 2.17. The molecule has 0 fully saturated rings. The second-order valence-corrected chi connectivity index (χ2v) is 6.23. The van der Waals surface area contributed by atoms with Gasteiger partial charge in [0.25, 0.3) is 0 Å². The van der Waals surface area contributed by atoms with Crippen molar-refractivity contribution in [2.24, 2.45) is 5.92 Å². The van der Waals surface area contributed by atoms with E-state index in [1.807, 2.05) is 12.1 Å². The van der Waals surface area contributed by atoms with E-state index < -0.39 is 0 Å². The number of nitrogens with two attached hydrogens (primary N) is 1. The fourth-order valence-electron chi connectivity index (χ4n) is 3.75. The molecule has 0 spiro atoms. The SMILES string of the molecule is Cc1ccc2c(c1)[C@H]1C=CC[C@@H]1[C@@H](c1ccc(N)cc1)N2. The standard InChI is InChI=1S/C19H20N2/c1-12-5-10-18-17(11-12)15-3-2-4-16(15)19(21-18)13-6-8-14(20)9-7-13/h2-3,5-11,15-16,19,21H,4,20H2,1H3/t15-,16-,19+/m0/s1. The number of benzene rings is 2. The lowest BCUT2D eigenvalue weighted by Gasteiger charge is -2.37. The third-order valence-electron chi connectivity index (χ3n) is 4.81. The van der Waals surface area contributed by atoms with Gasteiger partial charge < -0.3 is 11.1 Å². The Balaban J connectivity index is 1.78. The molecule has 1 heterocycles. The molecule has 2 nitrogen and oxygen atoms in total. The first kappa shape index (κ1) is 12.5. The highest BCUT2D eigenvalue weighted by atomic mass is 15.0. The molecule has 2 aromatic rings. The van der Waals surface area contributed by atoms with Crippen LogP contribution in [0, 0.1) is 12.8 Å². The van der Waals surface area contributed by atoms with Crippen LogP contribution in [0.3, 0.4) is 0 Å². The summed E-state index contributed by atoms with van der Waals surface area (Å²) in [7, 11) is 0. The van der Waals surface area contributed by atoms with E-state index in [1.54, 1.807) is 0 Å². The Morgan fingerprint density at radius 3 is 2.71 bits per heavy atom. The molecule has 0 bridgehead atoms. The molecule has 1 aliphatic heterocycles. The van der Waals surface area contributed by atoms with Crippen LogP contribution in [0.15, 0.2) is 54.6 Å². The van der Waals surface area contributed by atoms with Crippen molar-refractivity contribution < 1.29 is 0 Å². The van der Waals surface area contributed by atoms with Gasteiger partial charge in [-0.2, -0.15) is 0 Å². The molecule has 0 amide bonds. The second-order valence-electron chi connectivity index (χ2n) is 6.23. The normalized spacial score (nSPS) is 26.0. The Bertz CT molecular complexity index is 700. The van der Waals surface area contributed by atoms with Crippen LogP contribution in [0.4, 0.5) is 11.4 Å². The lowest BCUT2D eigenvalue weighted by Crippen LogP contribution is -2.29. The van der Waals surface area contributed by atoms with Gasteiger partial charge in [-0.1, -0.05) is 42.0 Å². The summed E-state index contributed by atoms with van der Waals surface area (Å²) < 4.78 is 0. The van der Waals surface area contributed by atoms with Gasteiger partial charge in [0, 0.05) is 17.3 Å². The molecule has 2 aromatic carbocycles. The van der Waals surface area contributed by atoms with Crippen molar-refractivity contribution in [2.75, 3.05) is 11.1 Å². The van der Waals surface area contributed by atoms with E-state index in [2.05, 4.69) is 54.7 Å². The topological polar surface area (TPSA) is 38.0 Å². The van der Waals surface area contributed by atoms with Gasteiger partial charge in [-0.05, 0) is 48.6 Å². The highest BCUT2D eigenvalue weighted by molar-refractivity contribution is 5.61. The van der Waals surface area contributed by atoms with E-state index in [0.29, 0.717) is 17.9 Å². The Kier molecular flexibility index (Phi) is 2.78. The van der Waals surface area contributed by atoms with Gasteiger partial charge in [-0.15, -0.1) is 0 Å². The van der Waals surface area contributed by atoms with Crippen molar-refractivity contribution in [3.8, 4) is 0 Å². The monoisotopic (exact) mass is 276 g/mol. The molecule has 2 aliphatic rings. The number of fused-ring (bicyclic) bond motifs is 3. The van der Waals surface area contributed by atoms with Gasteiger partial charge in [-0.25, -0.2) is 0 Å². The fraction of sp³-hybridized carbons (Fsp3) is 0.263. The predicted molar refractivity (Wildman–Crippen MR) is 88.4 cm³/mol. The second kappa shape index (κ2) is 4.66. The van der Waals surface area contributed by atoms with Crippen molar-refractivity contribution in [3.63, 3.8) is 0 Å². The van der Waals surface area contributed by atoms with Gasteiger partial charge in [0.05, 0.1) is 6.04 Å². The maximum atomic E-state index is 5.82. The summed E-state index contributed by atoms with van der Waals surface area (Å²) in [5.74, 6) is 1.13. The summed E-state index contributed by atoms with van der Waals surface area (Å²) in [4.78, 5) is 0. The van der Waals surface area contributed by atoms with E-state index in [4.69, 9.17) is 5.73 Å². The number of nitrogens with one attached hydrogen (secondary N) is 1. The Morgan fingerprint density at radius 2 is 1.90 bits per heavy atom. The zero-order chi connectivity index (χ0) is 14.4. The zero-order valence-corrected chi connectivity index (χ0v) is 12.2. The average molecular weight is 276 g/mol. The van der Waals surface area contributed by atoms with E-state index in [9.17, 15) is 0 Å². The quantitative estimate of drug-likeness (QED) is 0.598. The molecule has 106 valence electrons. The van der Waals surface area contributed by atoms with E-state index in [1.165, 1.54) is 22.4 Å².